The zero-order chi connectivity index (χ0) is 8.85. The Labute approximate surface area is 64.2 Å². The number of hydrogen-bond acceptors (Lipinski definition) is 4. The number of carboxylic acids is 1. The standard InChI is InChI=1S/C6H11N3O2/c7-2-4(3-8)1-5(9)6(10)11/h1-2H,3,7-9H2,(H,10,11)/b4-2+,5-1-. The van der Waals surface area contributed by atoms with Crippen molar-refractivity contribution in [3.8, 4) is 0 Å². The lowest BCUT2D eigenvalue weighted by Gasteiger charge is -1.96. The molecule has 62 valence electrons. The van der Waals surface area contributed by atoms with Gasteiger partial charge in [-0.15, -0.1) is 0 Å². The first-order chi connectivity index (χ1) is 5.11. The minimum Gasteiger partial charge on any atom is -0.477 e. The molecule has 0 saturated heterocycles. The summed E-state index contributed by atoms with van der Waals surface area (Å²) in [5, 5.41) is 8.32. The molecule has 0 aromatic heterocycles. The summed E-state index contributed by atoms with van der Waals surface area (Å²) < 4.78 is 0. The molecule has 0 heterocycles. The van der Waals surface area contributed by atoms with Crippen LogP contribution in [0.4, 0.5) is 0 Å². The van der Waals surface area contributed by atoms with Gasteiger partial charge in [0, 0.05) is 6.54 Å². The maximum Gasteiger partial charge on any atom is 0.351 e. The highest BCUT2D eigenvalue weighted by Gasteiger charge is 2.00. The summed E-state index contributed by atoms with van der Waals surface area (Å²) in [5.74, 6) is -1.18. The molecule has 7 N–H and O–H groups in total. The Kier molecular flexibility index (Phi) is 3.76. The van der Waals surface area contributed by atoms with Gasteiger partial charge in [0.1, 0.15) is 5.70 Å². The van der Waals surface area contributed by atoms with E-state index in [1.54, 1.807) is 0 Å². The monoisotopic (exact) mass is 157 g/mol. The first-order valence-electron chi connectivity index (χ1n) is 2.93. The van der Waals surface area contributed by atoms with Gasteiger partial charge in [-0.25, -0.2) is 4.79 Å². The Hall–Kier alpha value is -1.49. The number of hydrogen-bond donors (Lipinski definition) is 4. The van der Waals surface area contributed by atoms with Gasteiger partial charge in [-0.05, 0) is 17.8 Å². The van der Waals surface area contributed by atoms with Crippen LogP contribution in [0.2, 0.25) is 0 Å². The van der Waals surface area contributed by atoms with E-state index in [4.69, 9.17) is 22.3 Å². The van der Waals surface area contributed by atoms with Crippen LogP contribution in [0.15, 0.2) is 23.5 Å². The van der Waals surface area contributed by atoms with Crippen molar-refractivity contribution in [1.29, 1.82) is 0 Å². The Bertz CT molecular complexity index is 208. The SMILES string of the molecule is N/C=C(\C=C(/N)C(=O)O)CN. The van der Waals surface area contributed by atoms with Gasteiger partial charge in [0.05, 0.1) is 0 Å². The van der Waals surface area contributed by atoms with Gasteiger partial charge in [-0.1, -0.05) is 0 Å². The second kappa shape index (κ2) is 4.35. The van der Waals surface area contributed by atoms with Gasteiger partial charge in [0.15, 0.2) is 0 Å². The average molecular weight is 157 g/mol. The quantitative estimate of drug-likeness (QED) is 0.300. The molecule has 0 fully saturated rings. The summed E-state index contributed by atoms with van der Waals surface area (Å²) in [4.78, 5) is 10.2. The highest BCUT2D eigenvalue weighted by molar-refractivity contribution is 5.86. The van der Waals surface area contributed by atoms with Crippen molar-refractivity contribution in [3.05, 3.63) is 23.5 Å². The fourth-order valence-electron chi connectivity index (χ4n) is 0.437. The smallest absolute Gasteiger partial charge is 0.351 e. The van der Waals surface area contributed by atoms with Crippen molar-refractivity contribution in [2.24, 2.45) is 17.2 Å². The molecule has 0 rings (SSSR count). The van der Waals surface area contributed by atoms with Crippen LogP contribution >= 0.6 is 0 Å². The minimum absolute atomic E-state index is 0.171. The van der Waals surface area contributed by atoms with Crippen LogP contribution in [0, 0.1) is 0 Å². The molecule has 5 nitrogen and oxygen atoms in total. The van der Waals surface area contributed by atoms with Crippen molar-refractivity contribution in [2.45, 2.75) is 0 Å². The van der Waals surface area contributed by atoms with Crippen LogP contribution in [-0.4, -0.2) is 17.6 Å². The normalized spacial score (nSPS) is 13.2. The van der Waals surface area contributed by atoms with Gasteiger partial charge >= 0.3 is 5.97 Å². The molecule has 0 radical (unpaired) electrons. The molecule has 0 aliphatic carbocycles. The molecule has 0 bridgehead atoms. The second-order valence-electron chi connectivity index (χ2n) is 1.85. The minimum atomic E-state index is -1.18. The third-order valence-electron chi connectivity index (χ3n) is 1.04. The van der Waals surface area contributed by atoms with Crippen LogP contribution in [0.1, 0.15) is 0 Å². The second-order valence-corrected chi connectivity index (χ2v) is 1.85. The zero-order valence-electron chi connectivity index (χ0n) is 5.95. The Morgan fingerprint density at radius 1 is 1.55 bits per heavy atom. The predicted molar refractivity (Wildman–Crippen MR) is 41.2 cm³/mol. The fraction of sp³-hybridized carbons (Fsp3) is 0.167. The zero-order valence-corrected chi connectivity index (χ0v) is 5.95. The maximum absolute atomic E-state index is 10.2. The van der Waals surface area contributed by atoms with Crippen LogP contribution < -0.4 is 17.2 Å². The van der Waals surface area contributed by atoms with Crippen LogP contribution in [-0.2, 0) is 4.79 Å². The number of nitrogens with two attached hydrogens (primary N) is 3. The number of carboxylic acid groups (broad SMARTS) is 1. The first-order valence-corrected chi connectivity index (χ1v) is 2.93. The summed E-state index contributed by atoms with van der Waals surface area (Å²) in [7, 11) is 0. The van der Waals surface area contributed by atoms with Crippen LogP contribution in [0.5, 0.6) is 0 Å². The number of rotatable bonds is 3. The third kappa shape index (κ3) is 3.27. The largest absolute Gasteiger partial charge is 0.477 e. The third-order valence-corrected chi connectivity index (χ3v) is 1.04. The molecule has 0 aromatic rings. The van der Waals surface area contributed by atoms with E-state index < -0.39 is 5.97 Å². The van der Waals surface area contributed by atoms with Crippen molar-refractivity contribution in [3.63, 3.8) is 0 Å². The molecule has 5 heteroatoms. The molecule has 0 aromatic carbocycles. The molecule has 11 heavy (non-hydrogen) atoms. The fourth-order valence-corrected chi connectivity index (χ4v) is 0.437. The van der Waals surface area contributed by atoms with Crippen LogP contribution in [0.3, 0.4) is 0 Å². The van der Waals surface area contributed by atoms with E-state index in [1.165, 1.54) is 12.3 Å². The van der Waals surface area contributed by atoms with Gasteiger partial charge in [0.2, 0.25) is 0 Å². The summed E-state index contributed by atoms with van der Waals surface area (Å²) in [6.07, 6.45) is 2.44. The van der Waals surface area contributed by atoms with E-state index in [0.717, 1.165) is 0 Å². The molecular formula is C6H11N3O2. The first kappa shape index (κ1) is 9.51. The Morgan fingerprint density at radius 3 is 2.36 bits per heavy atom. The highest BCUT2D eigenvalue weighted by atomic mass is 16.4. The van der Waals surface area contributed by atoms with Gasteiger partial charge < -0.3 is 22.3 Å². The Balaban J connectivity index is 4.40. The van der Waals surface area contributed by atoms with Gasteiger partial charge in [0.25, 0.3) is 0 Å². The Morgan fingerprint density at radius 2 is 2.09 bits per heavy atom. The summed E-state index contributed by atoms with van der Waals surface area (Å²) in [5.41, 5.74) is 15.6. The van der Waals surface area contributed by atoms with E-state index in [-0.39, 0.29) is 12.2 Å². The average Bonchev–Trinajstić information content (AvgIpc) is 1.99. The lowest BCUT2D eigenvalue weighted by Crippen LogP contribution is -2.12. The van der Waals surface area contributed by atoms with Crippen molar-refractivity contribution >= 4 is 5.97 Å². The summed E-state index contributed by atoms with van der Waals surface area (Å²) >= 11 is 0. The maximum atomic E-state index is 10.2. The molecule has 0 saturated carbocycles. The summed E-state index contributed by atoms with van der Waals surface area (Å²) in [6, 6.07) is 0. The van der Waals surface area contributed by atoms with E-state index in [9.17, 15) is 4.79 Å². The lowest BCUT2D eigenvalue weighted by atomic mass is 10.2. The molecule has 0 unspecified atom stereocenters. The molecule has 0 aliphatic heterocycles. The van der Waals surface area contributed by atoms with Gasteiger partial charge in [-0.2, -0.15) is 0 Å². The topological polar surface area (TPSA) is 115 Å². The molecular weight excluding hydrogens is 146 g/mol. The van der Waals surface area contributed by atoms with E-state index >= 15 is 0 Å². The molecule has 0 aliphatic rings. The van der Waals surface area contributed by atoms with Crippen molar-refractivity contribution < 1.29 is 9.90 Å². The lowest BCUT2D eigenvalue weighted by molar-refractivity contribution is -0.132. The van der Waals surface area contributed by atoms with E-state index in [2.05, 4.69) is 0 Å². The molecule has 0 spiro atoms. The highest BCUT2D eigenvalue weighted by Crippen LogP contribution is 1.94. The molecule has 0 amide bonds. The van der Waals surface area contributed by atoms with E-state index in [1.807, 2.05) is 0 Å². The predicted octanol–water partition coefficient (Wildman–Crippen LogP) is -1.29. The van der Waals surface area contributed by atoms with Crippen molar-refractivity contribution in [2.75, 3.05) is 6.54 Å². The number of carbonyl (C=O) groups is 1. The van der Waals surface area contributed by atoms with Gasteiger partial charge in [-0.3, -0.25) is 0 Å². The number of aliphatic carboxylic acids is 1. The molecule has 0 atom stereocenters. The van der Waals surface area contributed by atoms with Crippen molar-refractivity contribution in [1.82, 2.24) is 0 Å². The summed E-state index contributed by atoms with van der Waals surface area (Å²) in [6.45, 7) is 0.171. The van der Waals surface area contributed by atoms with E-state index in [0.29, 0.717) is 5.57 Å². The van der Waals surface area contributed by atoms with Crippen LogP contribution in [0.25, 0.3) is 0 Å².